The lowest BCUT2D eigenvalue weighted by Gasteiger charge is -2.22. The number of nitrogens with one attached hydrogen (secondary N) is 1. The maximum atomic E-state index is 11.7. The molecule has 1 amide bonds. The van der Waals surface area contributed by atoms with Gasteiger partial charge < -0.3 is 10.2 Å². The number of aryl methyl sites for hydroxylation is 1. The molecule has 0 spiro atoms. The summed E-state index contributed by atoms with van der Waals surface area (Å²) in [5.74, 6) is 0.886. The number of hydrogen-bond donors (Lipinski definition) is 1. The molecule has 0 saturated heterocycles. The monoisotopic (exact) mass is 235 g/mol. The Bertz CT molecular complexity index is 377. The Morgan fingerprint density at radius 2 is 2.24 bits per heavy atom. The van der Waals surface area contributed by atoms with E-state index < -0.39 is 0 Å². The largest absolute Gasteiger partial charge is 0.352 e. The third-order valence-electron chi connectivity index (χ3n) is 2.39. The summed E-state index contributed by atoms with van der Waals surface area (Å²) in [6.45, 7) is 9.07. The van der Waals surface area contributed by atoms with Crippen molar-refractivity contribution in [3.05, 3.63) is 23.9 Å². The lowest BCUT2D eigenvalue weighted by Crippen LogP contribution is -2.40. The average Bonchev–Trinajstić information content (AvgIpc) is 2.24. The SMILES string of the molecule is CCN(CC(=O)NC(C)C)c1cc(C)ccn1. The number of carbonyl (C=O) groups is 1. The molecule has 0 aromatic carbocycles. The highest BCUT2D eigenvalue weighted by atomic mass is 16.2. The molecule has 1 heterocycles. The Morgan fingerprint density at radius 3 is 2.76 bits per heavy atom. The molecule has 0 unspecified atom stereocenters. The van der Waals surface area contributed by atoms with Crippen LogP contribution in [0.25, 0.3) is 0 Å². The zero-order valence-electron chi connectivity index (χ0n) is 11.0. The second-order valence-corrected chi connectivity index (χ2v) is 4.43. The van der Waals surface area contributed by atoms with E-state index in [0.717, 1.165) is 17.9 Å². The molecule has 4 nitrogen and oxygen atoms in total. The fourth-order valence-electron chi connectivity index (χ4n) is 1.59. The van der Waals surface area contributed by atoms with Gasteiger partial charge in [-0.25, -0.2) is 4.98 Å². The zero-order valence-corrected chi connectivity index (χ0v) is 11.0. The molecule has 0 aliphatic carbocycles. The van der Waals surface area contributed by atoms with E-state index >= 15 is 0 Å². The van der Waals surface area contributed by atoms with Crippen LogP contribution < -0.4 is 10.2 Å². The molecule has 4 heteroatoms. The Hall–Kier alpha value is -1.58. The van der Waals surface area contributed by atoms with Crippen molar-refractivity contribution >= 4 is 11.7 Å². The van der Waals surface area contributed by atoms with E-state index in [-0.39, 0.29) is 11.9 Å². The van der Waals surface area contributed by atoms with Gasteiger partial charge in [-0.2, -0.15) is 0 Å². The van der Waals surface area contributed by atoms with Crippen LogP contribution in [0.1, 0.15) is 26.3 Å². The predicted molar refractivity (Wildman–Crippen MR) is 70.1 cm³/mol. The Kier molecular flexibility index (Phi) is 4.94. The van der Waals surface area contributed by atoms with Crippen molar-refractivity contribution in [2.45, 2.75) is 33.7 Å². The van der Waals surface area contributed by atoms with Crippen LogP contribution in [-0.4, -0.2) is 30.0 Å². The van der Waals surface area contributed by atoms with Crippen molar-refractivity contribution in [1.82, 2.24) is 10.3 Å². The molecule has 0 bridgehead atoms. The van der Waals surface area contributed by atoms with Gasteiger partial charge in [0.1, 0.15) is 5.82 Å². The van der Waals surface area contributed by atoms with Gasteiger partial charge in [-0.1, -0.05) is 0 Å². The first-order chi connectivity index (χ1) is 8.02. The quantitative estimate of drug-likeness (QED) is 0.845. The maximum absolute atomic E-state index is 11.7. The van der Waals surface area contributed by atoms with Gasteiger partial charge in [-0.05, 0) is 45.4 Å². The lowest BCUT2D eigenvalue weighted by atomic mass is 10.3. The Labute approximate surface area is 103 Å². The lowest BCUT2D eigenvalue weighted by molar-refractivity contribution is -0.120. The van der Waals surface area contributed by atoms with E-state index in [1.807, 2.05) is 44.7 Å². The molecule has 0 aliphatic rings. The zero-order chi connectivity index (χ0) is 12.8. The molecule has 17 heavy (non-hydrogen) atoms. The highest BCUT2D eigenvalue weighted by Crippen LogP contribution is 2.11. The molecule has 0 radical (unpaired) electrons. The molecule has 1 N–H and O–H groups in total. The first-order valence-corrected chi connectivity index (χ1v) is 6.00. The normalized spacial score (nSPS) is 10.4. The van der Waals surface area contributed by atoms with Crippen LogP contribution >= 0.6 is 0 Å². The molecule has 1 aromatic heterocycles. The van der Waals surface area contributed by atoms with Crippen molar-refractivity contribution in [2.75, 3.05) is 18.0 Å². The first-order valence-electron chi connectivity index (χ1n) is 6.00. The van der Waals surface area contributed by atoms with Crippen LogP contribution in [0.5, 0.6) is 0 Å². The number of likely N-dealkylation sites (N-methyl/N-ethyl adjacent to an activating group) is 1. The van der Waals surface area contributed by atoms with Crippen molar-refractivity contribution in [3.63, 3.8) is 0 Å². The second-order valence-electron chi connectivity index (χ2n) is 4.43. The summed E-state index contributed by atoms with van der Waals surface area (Å²) in [6, 6.07) is 4.11. The van der Waals surface area contributed by atoms with E-state index in [1.165, 1.54) is 0 Å². The van der Waals surface area contributed by atoms with Gasteiger partial charge >= 0.3 is 0 Å². The molecule has 0 fully saturated rings. The first kappa shape index (κ1) is 13.5. The topological polar surface area (TPSA) is 45.2 Å². The number of anilines is 1. The minimum atomic E-state index is 0.0326. The number of amides is 1. The van der Waals surface area contributed by atoms with Gasteiger partial charge in [0.2, 0.25) is 5.91 Å². The second kappa shape index (κ2) is 6.23. The molecule has 0 saturated carbocycles. The van der Waals surface area contributed by atoms with Gasteiger partial charge in [0.15, 0.2) is 0 Å². The van der Waals surface area contributed by atoms with Crippen molar-refractivity contribution in [3.8, 4) is 0 Å². The standard InChI is InChI=1S/C13H21N3O/c1-5-16(9-13(17)15-10(2)3)12-8-11(4)6-7-14-12/h6-8,10H,5,9H2,1-4H3,(H,15,17). The Morgan fingerprint density at radius 1 is 1.53 bits per heavy atom. The van der Waals surface area contributed by atoms with E-state index in [2.05, 4.69) is 10.3 Å². The van der Waals surface area contributed by atoms with Crippen LogP contribution in [0.4, 0.5) is 5.82 Å². The third-order valence-corrected chi connectivity index (χ3v) is 2.39. The molecule has 1 rings (SSSR count). The molecule has 0 aliphatic heterocycles. The average molecular weight is 235 g/mol. The minimum Gasteiger partial charge on any atom is -0.352 e. The number of aromatic nitrogens is 1. The minimum absolute atomic E-state index is 0.0326. The number of rotatable bonds is 5. The predicted octanol–water partition coefficient (Wildman–Crippen LogP) is 1.74. The van der Waals surface area contributed by atoms with Crippen LogP contribution in [-0.2, 0) is 4.79 Å². The van der Waals surface area contributed by atoms with Gasteiger partial charge in [0, 0.05) is 18.8 Å². The van der Waals surface area contributed by atoms with Gasteiger partial charge in [0.25, 0.3) is 0 Å². The summed E-state index contributed by atoms with van der Waals surface area (Å²) in [7, 11) is 0. The molecule has 0 atom stereocenters. The highest BCUT2D eigenvalue weighted by Gasteiger charge is 2.11. The van der Waals surface area contributed by atoms with E-state index in [4.69, 9.17) is 0 Å². The molecule has 1 aromatic rings. The van der Waals surface area contributed by atoms with Crippen molar-refractivity contribution in [2.24, 2.45) is 0 Å². The van der Waals surface area contributed by atoms with Gasteiger partial charge in [-0.3, -0.25) is 4.79 Å². The van der Waals surface area contributed by atoms with E-state index in [1.54, 1.807) is 6.20 Å². The summed E-state index contributed by atoms with van der Waals surface area (Å²) in [5, 5.41) is 2.88. The fourth-order valence-corrected chi connectivity index (χ4v) is 1.59. The van der Waals surface area contributed by atoms with Crippen LogP contribution in [0.15, 0.2) is 18.3 Å². The van der Waals surface area contributed by atoms with Crippen molar-refractivity contribution < 1.29 is 4.79 Å². The van der Waals surface area contributed by atoms with Gasteiger partial charge in [-0.15, -0.1) is 0 Å². The number of hydrogen-bond acceptors (Lipinski definition) is 3. The van der Waals surface area contributed by atoms with Crippen LogP contribution in [0, 0.1) is 6.92 Å². The number of pyridine rings is 1. The number of carbonyl (C=O) groups excluding carboxylic acids is 1. The van der Waals surface area contributed by atoms with E-state index in [0.29, 0.717) is 6.54 Å². The maximum Gasteiger partial charge on any atom is 0.239 e. The highest BCUT2D eigenvalue weighted by molar-refractivity contribution is 5.81. The molecular weight excluding hydrogens is 214 g/mol. The van der Waals surface area contributed by atoms with E-state index in [9.17, 15) is 4.79 Å². The van der Waals surface area contributed by atoms with Gasteiger partial charge in [0.05, 0.1) is 6.54 Å². The fraction of sp³-hybridized carbons (Fsp3) is 0.538. The Balaban J connectivity index is 2.69. The van der Waals surface area contributed by atoms with Crippen LogP contribution in [0.2, 0.25) is 0 Å². The molecule has 94 valence electrons. The third kappa shape index (κ3) is 4.43. The summed E-state index contributed by atoms with van der Waals surface area (Å²) in [4.78, 5) is 18.0. The summed E-state index contributed by atoms with van der Waals surface area (Å²) in [6.07, 6.45) is 1.77. The number of nitrogens with zero attached hydrogens (tertiary/aromatic N) is 2. The van der Waals surface area contributed by atoms with Crippen molar-refractivity contribution in [1.29, 1.82) is 0 Å². The summed E-state index contributed by atoms with van der Waals surface area (Å²) in [5.41, 5.74) is 1.15. The van der Waals surface area contributed by atoms with Crippen LogP contribution in [0.3, 0.4) is 0 Å². The molecular formula is C13H21N3O. The smallest absolute Gasteiger partial charge is 0.239 e. The summed E-state index contributed by atoms with van der Waals surface area (Å²) < 4.78 is 0. The summed E-state index contributed by atoms with van der Waals surface area (Å²) >= 11 is 0.